The molecule has 0 aliphatic carbocycles. The second-order valence-corrected chi connectivity index (χ2v) is 7.15. The molecule has 126 valence electrons. The minimum Gasteiger partial charge on any atom is -0.497 e. The molecular formula is C17H24N2O3S. The number of thioether (sulfide) groups is 1. The van der Waals surface area contributed by atoms with Crippen molar-refractivity contribution >= 4 is 17.7 Å². The van der Waals surface area contributed by atoms with E-state index in [9.17, 15) is 4.79 Å². The average molecular weight is 336 g/mol. The van der Waals surface area contributed by atoms with Gasteiger partial charge in [-0.15, -0.1) is 0 Å². The topological polar surface area (TPSA) is 50.8 Å². The van der Waals surface area contributed by atoms with Crippen molar-refractivity contribution in [2.75, 3.05) is 51.5 Å². The van der Waals surface area contributed by atoms with E-state index in [-0.39, 0.29) is 11.4 Å². The van der Waals surface area contributed by atoms with Crippen molar-refractivity contribution in [2.24, 2.45) is 0 Å². The van der Waals surface area contributed by atoms with E-state index in [0.717, 1.165) is 44.2 Å². The van der Waals surface area contributed by atoms with Crippen molar-refractivity contribution in [1.29, 1.82) is 0 Å². The predicted molar refractivity (Wildman–Crippen MR) is 92.4 cm³/mol. The molecule has 0 saturated carbocycles. The van der Waals surface area contributed by atoms with Crippen molar-refractivity contribution in [2.45, 2.75) is 12.0 Å². The Morgan fingerprint density at radius 3 is 2.96 bits per heavy atom. The minimum atomic E-state index is -0.0339. The van der Waals surface area contributed by atoms with Crippen molar-refractivity contribution in [1.82, 2.24) is 10.2 Å². The number of ether oxygens (including phenoxy) is 2. The fourth-order valence-electron chi connectivity index (χ4n) is 3.25. The van der Waals surface area contributed by atoms with Crippen molar-refractivity contribution in [3.05, 3.63) is 29.8 Å². The van der Waals surface area contributed by atoms with Crippen LogP contribution in [0.25, 0.3) is 0 Å². The third-order valence-corrected chi connectivity index (χ3v) is 5.91. The molecule has 0 spiro atoms. The summed E-state index contributed by atoms with van der Waals surface area (Å²) in [5.41, 5.74) is 0.718. The Bertz CT molecular complexity index is 540. The van der Waals surface area contributed by atoms with E-state index in [0.29, 0.717) is 17.9 Å². The van der Waals surface area contributed by atoms with Crippen molar-refractivity contribution in [3.8, 4) is 5.75 Å². The maximum Gasteiger partial charge on any atom is 0.251 e. The molecule has 1 aromatic carbocycles. The molecule has 23 heavy (non-hydrogen) atoms. The first-order chi connectivity index (χ1) is 11.2. The number of nitrogens with zero attached hydrogens (tertiary/aromatic N) is 1. The van der Waals surface area contributed by atoms with E-state index in [4.69, 9.17) is 9.47 Å². The van der Waals surface area contributed by atoms with Crippen molar-refractivity contribution < 1.29 is 14.3 Å². The highest BCUT2D eigenvalue weighted by molar-refractivity contribution is 7.99. The van der Waals surface area contributed by atoms with E-state index in [2.05, 4.69) is 10.2 Å². The van der Waals surface area contributed by atoms with Gasteiger partial charge in [0.2, 0.25) is 0 Å². The number of amides is 1. The molecule has 0 bridgehead atoms. The highest BCUT2D eigenvalue weighted by atomic mass is 32.2. The zero-order valence-corrected chi connectivity index (χ0v) is 14.4. The van der Waals surface area contributed by atoms with Gasteiger partial charge in [0.25, 0.3) is 5.91 Å². The van der Waals surface area contributed by atoms with E-state index < -0.39 is 0 Å². The Morgan fingerprint density at radius 1 is 1.43 bits per heavy atom. The van der Waals surface area contributed by atoms with Crippen LogP contribution in [-0.4, -0.2) is 67.8 Å². The van der Waals surface area contributed by atoms with Crippen LogP contribution in [0.5, 0.6) is 5.75 Å². The summed E-state index contributed by atoms with van der Waals surface area (Å²) in [6, 6.07) is 7.29. The average Bonchev–Trinajstić information content (AvgIpc) is 3.11. The summed E-state index contributed by atoms with van der Waals surface area (Å²) in [5, 5.41) is 3.14. The smallest absolute Gasteiger partial charge is 0.251 e. The van der Waals surface area contributed by atoms with Gasteiger partial charge in [0, 0.05) is 36.5 Å². The van der Waals surface area contributed by atoms with Crippen LogP contribution in [0, 0.1) is 0 Å². The maximum atomic E-state index is 12.5. The molecule has 2 aliphatic rings. The first-order valence-corrected chi connectivity index (χ1v) is 9.22. The molecule has 5 nitrogen and oxygen atoms in total. The predicted octanol–water partition coefficient (Wildman–Crippen LogP) is 1.63. The molecule has 1 amide bonds. The Kier molecular flexibility index (Phi) is 5.46. The van der Waals surface area contributed by atoms with Gasteiger partial charge < -0.3 is 14.8 Å². The second-order valence-electron chi connectivity index (χ2n) is 6.04. The minimum absolute atomic E-state index is 0.0339. The normalized spacial score (nSPS) is 25.3. The maximum absolute atomic E-state index is 12.5. The first kappa shape index (κ1) is 16.6. The van der Waals surface area contributed by atoms with Crippen LogP contribution >= 0.6 is 11.8 Å². The summed E-state index contributed by atoms with van der Waals surface area (Å²) in [7, 11) is 1.61. The Hall–Kier alpha value is -1.24. The van der Waals surface area contributed by atoms with Gasteiger partial charge >= 0.3 is 0 Å². The third-order valence-electron chi connectivity index (χ3n) is 4.67. The summed E-state index contributed by atoms with van der Waals surface area (Å²) >= 11 is 1.97. The lowest BCUT2D eigenvalue weighted by Crippen LogP contribution is -2.59. The number of benzene rings is 1. The van der Waals surface area contributed by atoms with Crippen LogP contribution in [0.1, 0.15) is 16.8 Å². The van der Waals surface area contributed by atoms with Gasteiger partial charge in [0.05, 0.1) is 20.3 Å². The Labute approximate surface area is 141 Å². The van der Waals surface area contributed by atoms with E-state index in [1.54, 1.807) is 13.2 Å². The molecule has 3 rings (SSSR count). The first-order valence-electron chi connectivity index (χ1n) is 8.06. The molecule has 1 aromatic rings. The Morgan fingerprint density at radius 2 is 2.26 bits per heavy atom. The van der Waals surface area contributed by atoms with E-state index in [1.165, 1.54) is 0 Å². The SMILES string of the molecule is COc1cccc(C(=O)NC[C@@]2(N3CCOCC3)CCSC2)c1. The highest BCUT2D eigenvalue weighted by Gasteiger charge is 2.40. The van der Waals surface area contributed by atoms with E-state index in [1.807, 2.05) is 30.0 Å². The summed E-state index contributed by atoms with van der Waals surface area (Å²) < 4.78 is 10.7. The second kappa shape index (κ2) is 7.55. The molecule has 2 heterocycles. The largest absolute Gasteiger partial charge is 0.497 e. The van der Waals surface area contributed by atoms with E-state index >= 15 is 0 Å². The van der Waals surface area contributed by atoms with Crippen molar-refractivity contribution in [3.63, 3.8) is 0 Å². The van der Waals surface area contributed by atoms with Crippen LogP contribution in [-0.2, 0) is 4.74 Å². The van der Waals surface area contributed by atoms with Gasteiger partial charge in [-0.1, -0.05) is 6.07 Å². The number of morpholine rings is 1. The molecule has 1 atom stereocenters. The molecule has 2 fully saturated rings. The zero-order chi connectivity index (χ0) is 16.1. The molecule has 0 unspecified atom stereocenters. The Balaban J connectivity index is 1.65. The molecule has 0 radical (unpaired) electrons. The van der Waals surface area contributed by atoms with Crippen LogP contribution in [0.15, 0.2) is 24.3 Å². The number of carbonyl (C=O) groups excluding carboxylic acids is 1. The van der Waals surface area contributed by atoms with Crippen LogP contribution < -0.4 is 10.1 Å². The van der Waals surface area contributed by atoms with Gasteiger partial charge in [-0.25, -0.2) is 0 Å². The lowest BCUT2D eigenvalue weighted by atomic mass is 9.95. The fraction of sp³-hybridized carbons (Fsp3) is 0.588. The van der Waals surface area contributed by atoms with Gasteiger partial charge in [0.1, 0.15) is 5.75 Å². The van der Waals surface area contributed by atoms with Crippen LogP contribution in [0.2, 0.25) is 0 Å². The monoisotopic (exact) mass is 336 g/mol. The van der Waals surface area contributed by atoms with Gasteiger partial charge in [0.15, 0.2) is 0 Å². The number of hydrogen-bond acceptors (Lipinski definition) is 5. The zero-order valence-electron chi connectivity index (χ0n) is 13.5. The lowest BCUT2D eigenvalue weighted by molar-refractivity contribution is -0.0129. The van der Waals surface area contributed by atoms with Gasteiger partial charge in [-0.2, -0.15) is 11.8 Å². The quantitative estimate of drug-likeness (QED) is 0.886. The molecule has 2 saturated heterocycles. The molecule has 6 heteroatoms. The third kappa shape index (κ3) is 3.82. The standard InChI is InChI=1S/C17H24N2O3S/c1-21-15-4-2-3-14(11-15)16(20)18-12-17(5-10-23-13-17)19-6-8-22-9-7-19/h2-4,11H,5-10,12-13H2,1H3,(H,18,20)/t17-/m0/s1. The summed E-state index contributed by atoms with van der Waals surface area (Å²) in [6.07, 6.45) is 1.12. The fourth-order valence-corrected chi connectivity index (χ4v) is 4.72. The highest BCUT2D eigenvalue weighted by Crippen LogP contribution is 2.33. The number of nitrogens with one attached hydrogen (secondary N) is 1. The number of methoxy groups -OCH3 is 1. The number of hydrogen-bond donors (Lipinski definition) is 1. The van der Waals surface area contributed by atoms with Gasteiger partial charge in [-0.05, 0) is 30.4 Å². The summed E-state index contributed by atoms with van der Waals surface area (Å²) in [6.45, 7) is 4.17. The molecule has 1 N–H and O–H groups in total. The lowest BCUT2D eigenvalue weighted by Gasteiger charge is -2.43. The molecular weight excluding hydrogens is 312 g/mol. The summed E-state index contributed by atoms with van der Waals surface area (Å²) in [4.78, 5) is 15.0. The summed E-state index contributed by atoms with van der Waals surface area (Å²) in [5.74, 6) is 2.91. The number of carbonyl (C=O) groups is 1. The van der Waals surface area contributed by atoms with Crippen LogP contribution in [0.4, 0.5) is 0 Å². The van der Waals surface area contributed by atoms with Gasteiger partial charge in [-0.3, -0.25) is 9.69 Å². The molecule has 2 aliphatic heterocycles. The van der Waals surface area contributed by atoms with Crippen LogP contribution in [0.3, 0.4) is 0 Å². The number of rotatable bonds is 5. The molecule has 0 aromatic heterocycles.